The Morgan fingerprint density at radius 1 is 1.37 bits per heavy atom. The summed E-state index contributed by atoms with van der Waals surface area (Å²) in [6.07, 6.45) is 11.2. The highest BCUT2D eigenvalue weighted by Gasteiger charge is 2.25. The van der Waals surface area contributed by atoms with Crippen LogP contribution in [0.15, 0.2) is 29.6 Å². The molecule has 0 radical (unpaired) electrons. The number of hydrogen-bond donors (Lipinski definition) is 1. The summed E-state index contributed by atoms with van der Waals surface area (Å²) in [5.41, 5.74) is 2.16. The van der Waals surface area contributed by atoms with Crippen LogP contribution in [-0.2, 0) is 18.3 Å². The predicted molar refractivity (Wildman–Crippen MR) is 103 cm³/mol. The Bertz CT molecular complexity index is 775. The van der Waals surface area contributed by atoms with Crippen molar-refractivity contribution in [3.8, 4) is 0 Å². The van der Waals surface area contributed by atoms with Crippen LogP contribution in [0.1, 0.15) is 49.1 Å². The van der Waals surface area contributed by atoms with Gasteiger partial charge in [0.25, 0.3) is 0 Å². The SMILES string of the molecule is CN=C(NCc1ccn(C2CCCC2)n1)N1CCOC(c2cnn(C)c2)C1. The van der Waals surface area contributed by atoms with E-state index in [1.807, 2.05) is 31.2 Å². The molecule has 146 valence electrons. The summed E-state index contributed by atoms with van der Waals surface area (Å²) >= 11 is 0. The molecule has 8 heteroatoms. The fraction of sp³-hybridized carbons (Fsp3) is 0.632. The lowest BCUT2D eigenvalue weighted by Gasteiger charge is -2.34. The van der Waals surface area contributed by atoms with Crippen molar-refractivity contribution in [2.24, 2.45) is 12.0 Å². The van der Waals surface area contributed by atoms with Gasteiger partial charge in [-0.25, -0.2) is 0 Å². The molecule has 0 aromatic carbocycles. The molecule has 2 aromatic heterocycles. The number of nitrogens with zero attached hydrogens (tertiary/aromatic N) is 6. The average Bonchev–Trinajstić information content (AvgIpc) is 3.44. The Balaban J connectivity index is 1.34. The van der Waals surface area contributed by atoms with Crippen LogP contribution in [0.25, 0.3) is 0 Å². The molecule has 8 nitrogen and oxygen atoms in total. The van der Waals surface area contributed by atoms with Gasteiger partial charge in [0.15, 0.2) is 5.96 Å². The van der Waals surface area contributed by atoms with Crippen molar-refractivity contribution in [2.75, 3.05) is 26.7 Å². The van der Waals surface area contributed by atoms with Crippen molar-refractivity contribution < 1.29 is 4.74 Å². The molecule has 2 aliphatic rings. The molecular formula is C19H29N7O. The summed E-state index contributed by atoms with van der Waals surface area (Å²) < 4.78 is 9.88. The summed E-state index contributed by atoms with van der Waals surface area (Å²) in [6, 6.07) is 2.69. The Morgan fingerprint density at radius 2 is 2.22 bits per heavy atom. The molecule has 27 heavy (non-hydrogen) atoms. The third-order valence-corrected chi connectivity index (χ3v) is 5.46. The minimum atomic E-state index is 0.0209. The topological polar surface area (TPSA) is 72.5 Å². The van der Waals surface area contributed by atoms with Crippen molar-refractivity contribution in [3.63, 3.8) is 0 Å². The largest absolute Gasteiger partial charge is 0.370 e. The van der Waals surface area contributed by atoms with Crippen LogP contribution in [0, 0.1) is 0 Å². The van der Waals surface area contributed by atoms with Crippen LogP contribution in [-0.4, -0.2) is 57.2 Å². The molecule has 2 aromatic rings. The van der Waals surface area contributed by atoms with E-state index in [0.717, 1.165) is 30.3 Å². The first-order valence-electron chi connectivity index (χ1n) is 9.82. The van der Waals surface area contributed by atoms with Crippen LogP contribution in [0.4, 0.5) is 0 Å². The maximum atomic E-state index is 5.93. The number of guanidine groups is 1. The van der Waals surface area contributed by atoms with Crippen molar-refractivity contribution in [1.82, 2.24) is 29.8 Å². The van der Waals surface area contributed by atoms with Gasteiger partial charge in [0.1, 0.15) is 6.10 Å². The Kier molecular flexibility index (Phi) is 5.42. The summed E-state index contributed by atoms with van der Waals surface area (Å²) in [5.74, 6) is 0.891. The van der Waals surface area contributed by atoms with Crippen LogP contribution in [0.5, 0.6) is 0 Å². The number of nitrogens with one attached hydrogen (secondary N) is 1. The molecule has 1 atom stereocenters. The first-order valence-corrected chi connectivity index (χ1v) is 9.82. The third-order valence-electron chi connectivity index (χ3n) is 5.46. The van der Waals surface area contributed by atoms with E-state index in [2.05, 4.69) is 37.3 Å². The molecule has 0 bridgehead atoms. The molecule has 4 rings (SSSR count). The Labute approximate surface area is 160 Å². The zero-order valence-electron chi connectivity index (χ0n) is 16.2. The molecule has 1 aliphatic carbocycles. The molecule has 0 spiro atoms. The zero-order chi connectivity index (χ0) is 18.6. The highest BCUT2D eigenvalue weighted by Crippen LogP contribution is 2.28. The second-order valence-corrected chi connectivity index (χ2v) is 7.38. The monoisotopic (exact) mass is 371 g/mol. The summed E-state index contributed by atoms with van der Waals surface area (Å²) in [6.45, 7) is 2.95. The minimum absolute atomic E-state index is 0.0209. The number of hydrogen-bond acceptors (Lipinski definition) is 4. The van der Waals surface area contributed by atoms with Crippen LogP contribution >= 0.6 is 0 Å². The van der Waals surface area contributed by atoms with Gasteiger partial charge in [-0.3, -0.25) is 14.4 Å². The van der Waals surface area contributed by atoms with E-state index in [1.165, 1.54) is 25.7 Å². The van der Waals surface area contributed by atoms with Gasteiger partial charge in [0.2, 0.25) is 0 Å². The summed E-state index contributed by atoms with van der Waals surface area (Å²) in [7, 11) is 3.75. The Hall–Kier alpha value is -2.35. The summed E-state index contributed by atoms with van der Waals surface area (Å²) in [5, 5.41) is 12.5. The average molecular weight is 371 g/mol. The molecule has 1 aliphatic heterocycles. The maximum Gasteiger partial charge on any atom is 0.194 e. The van der Waals surface area contributed by atoms with Crippen molar-refractivity contribution >= 4 is 5.96 Å². The van der Waals surface area contributed by atoms with Crippen molar-refractivity contribution in [2.45, 2.75) is 44.4 Å². The lowest BCUT2D eigenvalue weighted by molar-refractivity contribution is -0.00805. The number of rotatable bonds is 4. The van der Waals surface area contributed by atoms with Crippen molar-refractivity contribution in [1.29, 1.82) is 0 Å². The predicted octanol–water partition coefficient (Wildman–Crippen LogP) is 1.88. The lowest BCUT2D eigenvalue weighted by atomic mass is 10.1. The molecule has 0 amide bonds. The van der Waals surface area contributed by atoms with Crippen molar-refractivity contribution in [3.05, 3.63) is 35.9 Å². The summed E-state index contributed by atoms with van der Waals surface area (Å²) in [4.78, 5) is 6.71. The van der Waals surface area contributed by atoms with E-state index in [0.29, 0.717) is 19.2 Å². The zero-order valence-corrected chi connectivity index (χ0v) is 16.2. The third kappa shape index (κ3) is 4.16. The highest BCUT2D eigenvalue weighted by atomic mass is 16.5. The molecule has 1 unspecified atom stereocenters. The molecular weight excluding hydrogens is 342 g/mol. The second-order valence-electron chi connectivity index (χ2n) is 7.38. The number of morpholine rings is 1. The maximum absolute atomic E-state index is 5.93. The van der Waals surface area contributed by atoms with Gasteiger partial charge in [-0.05, 0) is 18.9 Å². The van der Waals surface area contributed by atoms with E-state index in [4.69, 9.17) is 9.84 Å². The fourth-order valence-corrected chi connectivity index (χ4v) is 4.00. The first-order chi connectivity index (χ1) is 13.2. The molecule has 1 saturated carbocycles. The van der Waals surface area contributed by atoms with Crippen LogP contribution in [0.3, 0.4) is 0 Å². The van der Waals surface area contributed by atoms with Gasteiger partial charge in [0, 0.05) is 38.6 Å². The number of ether oxygens (including phenoxy) is 1. The smallest absolute Gasteiger partial charge is 0.194 e. The van der Waals surface area contributed by atoms with Gasteiger partial charge < -0.3 is 15.0 Å². The van der Waals surface area contributed by atoms with Gasteiger partial charge in [-0.1, -0.05) is 12.8 Å². The second kappa shape index (κ2) is 8.12. The van der Waals surface area contributed by atoms with Crippen LogP contribution in [0.2, 0.25) is 0 Å². The van der Waals surface area contributed by atoms with E-state index >= 15 is 0 Å². The number of aromatic nitrogens is 4. The normalized spacial score (nSPS) is 21.8. The highest BCUT2D eigenvalue weighted by molar-refractivity contribution is 5.80. The van der Waals surface area contributed by atoms with Gasteiger partial charge >= 0.3 is 0 Å². The molecule has 3 heterocycles. The number of aryl methyl sites for hydroxylation is 1. The van der Waals surface area contributed by atoms with Gasteiger partial charge in [0.05, 0.1) is 37.6 Å². The van der Waals surface area contributed by atoms with Crippen LogP contribution < -0.4 is 5.32 Å². The molecule has 1 saturated heterocycles. The van der Waals surface area contributed by atoms with E-state index in [1.54, 1.807) is 0 Å². The van der Waals surface area contributed by atoms with E-state index < -0.39 is 0 Å². The minimum Gasteiger partial charge on any atom is -0.370 e. The van der Waals surface area contributed by atoms with Gasteiger partial charge in [-0.15, -0.1) is 0 Å². The first kappa shape index (κ1) is 18.0. The van der Waals surface area contributed by atoms with E-state index in [-0.39, 0.29) is 6.10 Å². The molecule has 2 fully saturated rings. The van der Waals surface area contributed by atoms with E-state index in [9.17, 15) is 0 Å². The lowest BCUT2D eigenvalue weighted by Crippen LogP contribution is -2.47. The quantitative estimate of drug-likeness (QED) is 0.656. The molecule has 1 N–H and O–H groups in total. The fourth-order valence-electron chi connectivity index (χ4n) is 4.00. The van der Waals surface area contributed by atoms with Gasteiger partial charge in [-0.2, -0.15) is 10.2 Å². The standard InChI is InChI=1S/C19H29N7O/c1-20-19(21-12-16-7-8-26(23-16)17-5-3-4-6-17)25-9-10-27-18(14-25)15-11-22-24(2)13-15/h7-8,11,13,17-18H,3-6,9-10,12,14H2,1-2H3,(H,20,21). The Morgan fingerprint density at radius 3 is 2.96 bits per heavy atom. The number of aliphatic imine (C=N–C) groups is 1.